The predicted octanol–water partition coefficient (Wildman–Crippen LogP) is 3.79. The molecule has 1 aliphatic heterocycles. The predicted molar refractivity (Wildman–Crippen MR) is 146 cm³/mol. The van der Waals surface area contributed by atoms with Crippen LogP contribution in [0.15, 0.2) is 65.7 Å². The van der Waals surface area contributed by atoms with Crippen molar-refractivity contribution in [3.63, 3.8) is 0 Å². The summed E-state index contributed by atoms with van der Waals surface area (Å²) in [7, 11) is 0. The molecule has 0 saturated carbocycles. The van der Waals surface area contributed by atoms with E-state index in [4.69, 9.17) is 4.74 Å². The van der Waals surface area contributed by atoms with Gasteiger partial charge < -0.3 is 10.1 Å². The van der Waals surface area contributed by atoms with E-state index in [0.717, 1.165) is 17.5 Å². The molecule has 1 atom stereocenters. The topological polar surface area (TPSA) is 139 Å². The first-order chi connectivity index (χ1) is 18.8. The smallest absolute Gasteiger partial charge is 0.435 e. The molecular formula is C28H35N7O4. The Balaban J connectivity index is 1.68. The molecule has 1 unspecified atom stereocenters. The zero-order valence-corrected chi connectivity index (χ0v) is 22.3. The van der Waals surface area contributed by atoms with E-state index < -0.39 is 23.7 Å². The van der Waals surface area contributed by atoms with E-state index in [1.54, 1.807) is 0 Å². The van der Waals surface area contributed by atoms with Crippen LogP contribution in [0.5, 0.6) is 0 Å². The number of nitriles is 1. The van der Waals surface area contributed by atoms with Crippen molar-refractivity contribution in [3.8, 4) is 6.07 Å². The van der Waals surface area contributed by atoms with Gasteiger partial charge in [-0.3, -0.25) is 10.2 Å². The molecule has 0 aliphatic carbocycles. The summed E-state index contributed by atoms with van der Waals surface area (Å²) in [6.45, 7) is 5.41. The second-order valence-corrected chi connectivity index (χ2v) is 9.64. The molecule has 0 radical (unpaired) electrons. The molecule has 1 fully saturated rings. The maximum Gasteiger partial charge on any atom is 0.435 e. The van der Waals surface area contributed by atoms with Crippen LogP contribution in [0.4, 0.5) is 14.4 Å². The summed E-state index contributed by atoms with van der Waals surface area (Å²) >= 11 is 0. The normalized spacial score (nSPS) is 16.5. The van der Waals surface area contributed by atoms with Crippen LogP contribution >= 0.6 is 0 Å². The van der Waals surface area contributed by atoms with E-state index in [9.17, 15) is 19.6 Å². The van der Waals surface area contributed by atoms with Gasteiger partial charge in [-0.15, -0.1) is 0 Å². The highest BCUT2D eigenvalue weighted by Gasteiger charge is 2.44. The number of nitrogens with one attached hydrogen (secondary N) is 3. The third-order valence-electron chi connectivity index (χ3n) is 6.24. The molecule has 39 heavy (non-hydrogen) atoms. The van der Waals surface area contributed by atoms with Crippen LogP contribution < -0.4 is 16.1 Å². The summed E-state index contributed by atoms with van der Waals surface area (Å²) in [6.07, 6.45) is 1.12. The molecule has 206 valence electrons. The molecule has 3 rings (SSSR count). The van der Waals surface area contributed by atoms with Crippen molar-refractivity contribution in [1.82, 2.24) is 26.0 Å². The molecule has 1 saturated heterocycles. The van der Waals surface area contributed by atoms with Crippen molar-refractivity contribution >= 4 is 24.5 Å². The van der Waals surface area contributed by atoms with E-state index in [2.05, 4.69) is 27.1 Å². The highest BCUT2D eigenvalue weighted by atomic mass is 16.5. The Morgan fingerprint density at radius 1 is 1.13 bits per heavy atom. The Bertz CT molecular complexity index is 1160. The molecule has 11 heteroatoms. The fourth-order valence-corrected chi connectivity index (χ4v) is 4.02. The summed E-state index contributed by atoms with van der Waals surface area (Å²) in [5, 5.41) is 16.8. The minimum absolute atomic E-state index is 0.0490. The second-order valence-electron chi connectivity index (χ2n) is 9.64. The number of hydrazine groups is 1. The summed E-state index contributed by atoms with van der Waals surface area (Å²) in [5.74, 6) is 0.256. The van der Waals surface area contributed by atoms with Crippen LogP contribution in [0.2, 0.25) is 0 Å². The lowest BCUT2D eigenvalue weighted by atomic mass is 9.97. The van der Waals surface area contributed by atoms with Gasteiger partial charge in [-0.05, 0) is 36.4 Å². The van der Waals surface area contributed by atoms with Crippen molar-refractivity contribution in [2.45, 2.75) is 45.4 Å². The Morgan fingerprint density at radius 3 is 2.38 bits per heavy atom. The van der Waals surface area contributed by atoms with Gasteiger partial charge in [-0.1, -0.05) is 74.5 Å². The zero-order chi connectivity index (χ0) is 28.1. The van der Waals surface area contributed by atoms with Crippen LogP contribution in [0.25, 0.3) is 0 Å². The number of amides is 5. The molecule has 3 N–H and O–H groups in total. The van der Waals surface area contributed by atoms with Crippen molar-refractivity contribution in [3.05, 3.63) is 71.8 Å². The van der Waals surface area contributed by atoms with Crippen LogP contribution in [0.1, 0.15) is 37.8 Å². The van der Waals surface area contributed by atoms with Crippen molar-refractivity contribution in [1.29, 1.82) is 5.26 Å². The van der Waals surface area contributed by atoms with Crippen molar-refractivity contribution in [2.24, 2.45) is 10.9 Å². The number of nitrogens with zero attached hydrogens (tertiary/aromatic N) is 4. The number of carbonyl (C=O) groups excluding carboxylic acids is 3. The lowest BCUT2D eigenvalue weighted by Crippen LogP contribution is -2.60. The number of urea groups is 2. The van der Waals surface area contributed by atoms with Gasteiger partial charge in [0.2, 0.25) is 0 Å². The minimum atomic E-state index is -1.06. The fraction of sp³-hybridized carbons (Fsp3) is 0.393. The van der Waals surface area contributed by atoms with Gasteiger partial charge in [-0.2, -0.15) is 10.3 Å². The lowest BCUT2D eigenvalue weighted by molar-refractivity contribution is 0.0953. The highest BCUT2D eigenvalue weighted by molar-refractivity contribution is 5.91. The van der Waals surface area contributed by atoms with Gasteiger partial charge in [0.1, 0.15) is 18.5 Å². The first-order valence-electron chi connectivity index (χ1n) is 12.9. The first-order valence-corrected chi connectivity index (χ1v) is 12.9. The van der Waals surface area contributed by atoms with Gasteiger partial charge in [-0.25, -0.2) is 24.8 Å². The maximum absolute atomic E-state index is 13.9. The molecule has 0 aromatic heterocycles. The quantitative estimate of drug-likeness (QED) is 0.255. The van der Waals surface area contributed by atoms with Crippen LogP contribution in [0.3, 0.4) is 0 Å². The molecule has 5 amide bonds. The Morgan fingerprint density at radius 2 is 1.79 bits per heavy atom. The maximum atomic E-state index is 13.9. The molecule has 1 aliphatic rings. The molecule has 0 bridgehead atoms. The molecule has 2 aromatic rings. The lowest BCUT2D eigenvalue weighted by Gasteiger charge is -2.39. The van der Waals surface area contributed by atoms with Gasteiger partial charge in [0.05, 0.1) is 6.07 Å². The molecular weight excluding hydrogens is 498 g/mol. The standard InChI is InChI=1S/C28H35N7O4/c1-22(2)13-16-35(33-25(36)31-21-32-26(37)39-18-24-11-7-4-8-12-24)27(38)34(17-23-9-5-3-6-10-23)28(19-29)14-15-30-20-28/h3-12,21-22,30H,13-18,20H2,1-2H3,(H2,31,32,33,36,37). The largest absolute Gasteiger partial charge is 0.443 e. The Hall–Kier alpha value is -4.43. The van der Waals surface area contributed by atoms with E-state index in [1.807, 2.05) is 74.5 Å². The molecule has 11 nitrogen and oxygen atoms in total. The second kappa shape index (κ2) is 14.5. The number of ether oxygens (including phenoxy) is 1. The van der Waals surface area contributed by atoms with E-state index in [0.29, 0.717) is 25.9 Å². The zero-order valence-electron chi connectivity index (χ0n) is 22.3. The van der Waals surface area contributed by atoms with E-state index in [-0.39, 0.29) is 25.6 Å². The summed E-state index contributed by atoms with van der Waals surface area (Å²) < 4.78 is 5.05. The number of hydrogen-bond donors (Lipinski definition) is 3. The average Bonchev–Trinajstić information content (AvgIpc) is 3.44. The van der Waals surface area contributed by atoms with Crippen molar-refractivity contribution in [2.75, 3.05) is 19.6 Å². The molecule has 0 spiro atoms. The fourth-order valence-electron chi connectivity index (χ4n) is 4.02. The van der Waals surface area contributed by atoms with Crippen LogP contribution in [0, 0.1) is 17.2 Å². The van der Waals surface area contributed by atoms with Crippen LogP contribution in [-0.2, 0) is 17.9 Å². The van der Waals surface area contributed by atoms with E-state index >= 15 is 0 Å². The minimum Gasteiger partial charge on any atom is -0.443 e. The average molecular weight is 534 g/mol. The molecule has 1 heterocycles. The van der Waals surface area contributed by atoms with E-state index in [1.165, 1.54) is 9.91 Å². The highest BCUT2D eigenvalue weighted by Crippen LogP contribution is 2.26. The summed E-state index contributed by atoms with van der Waals surface area (Å²) in [5.41, 5.74) is 3.16. The van der Waals surface area contributed by atoms with Crippen molar-refractivity contribution < 1.29 is 19.1 Å². The molecule has 2 aromatic carbocycles. The number of aliphatic imine (C=N–C) groups is 1. The Kier molecular flexibility index (Phi) is 10.8. The summed E-state index contributed by atoms with van der Waals surface area (Å²) in [6, 6.07) is 19.6. The Labute approximate surface area is 228 Å². The van der Waals surface area contributed by atoms with Gasteiger partial charge in [0, 0.05) is 19.6 Å². The first kappa shape index (κ1) is 29.1. The van der Waals surface area contributed by atoms with Gasteiger partial charge in [0.25, 0.3) is 0 Å². The third kappa shape index (κ3) is 8.83. The number of carbonyl (C=O) groups is 3. The summed E-state index contributed by atoms with van der Waals surface area (Å²) in [4.78, 5) is 43.5. The van der Waals surface area contributed by atoms with Crippen LogP contribution in [-0.4, -0.2) is 59.6 Å². The number of hydrogen-bond acceptors (Lipinski definition) is 6. The van der Waals surface area contributed by atoms with Gasteiger partial charge >= 0.3 is 18.2 Å². The number of benzene rings is 2. The third-order valence-corrected chi connectivity index (χ3v) is 6.24. The monoisotopic (exact) mass is 533 g/mol. The SMILES string of the molecule is CC(C)CCN(NC(=O)NC=NC(=O)OCc1ccccc1)C(=O)N(Cc1ccccc1)C1(C#N)CCNC1. The van der Waals surface area contributed by atoms with Gasteiger partial charge in [0.15, 0.2) is 0 Å². The number of rotatable bonds is 9.